The Labute approximate surface area is 126 Å². The molecular formula is C13H7ClF3N3O2. The van der Waals surface area contributed by atoms with E-state index in [1.54, 1.807) is 12.3 Å². The van der Waals surface area contributed by atoms with Gasteiger partial charge in [-0.15, -0.1) is 0 Å². The third-order valence-corrected chi connectivity index (χ3v) is 3.46. The van der Waals surface area contributed by atoms with E-state index < -0.39 is 29.1 Å². The number of fused-ring (bicyclic) bond motifs is 1. The highest BCUT2D eigenvalue weighted by atomic mass is 35.5. The molecule has 114 valence electrons. The van der Waals surface area contributed by atoms with Gasteiger partial charge in [0, 0.05) is 29.7 Å². The van der Waals surface area contributed by atoms with Crippen LogP contribution in [0, 0.1) is 0 Å². The highest BCUT2D eigenvalue weighted by molar-refractivity contribution is 6.32. The van der Waals surface area contributed by atoms with E-state index in [9.17, 15) is 18.0 Å². The third-order valence-electron chi connectivity index (χ3n) is 3.10. The molecule has 0 fully saturated rings. The summed E-state index contributed by atoms with van der Waals surface area (Å²) in [6.45, 7) is 0. The molecular weight excluding hydrogens is 323 g/mol. The van der Waals surface area contributed by atoms with Crippen LogP contribution in [0.15, 0.2) is 30.7 Å². The van der Waals surface area contributed by atoms with Gasteiger partial charge in [0.2, 0.25) is 0 Å². The minimum Gasteiger partial charge on any atom is -0.476 e. The van der Waals surface area contributed by atoms with Gasteiger partial charge in [0.15, 0.2) is 11.3 Å². The summed E-state index contributed by atoms with van der Waals surface area (Å²) in [5, 5.41) is 8.58. The number of halogens is 4. The molecule has 22 heavy (non-hydrogen) atoms. The Kier molecular flexibility index (Phi) is 3.13. The second-order valence-electron chi connectivity index (χ2n) is 4.49. The molecule has 9 heteroatoms. The first-order chi connectivity index (χ1) is 10.3. The minimum atomic E-state index is -4.70. The molecule has 0 amide bonds. The van der Waals surface area contributed by atoms with E-state index in [1.165, 1.54) is 12.4 Å². The van der Waals surface area contributed by atoms with Crippen molar-refractivity contribution >= 4 is 23.2 Å². The van der Waals surface area contributed by atoms with E-state index in [-0.39, 0.29) is 10.7 Å². The van der Waals surface area contributed by atoms with Crippen LogP contribution in [0.5, 0.6) is 0 Å². The van der Waals surface area contributed by atoms with E-state index in [1.807, 2.05) is 0 Å². The van der Waals surface area contributed by atoms with Crippen LogP contribution in [-0.4, -0.2) is 25.4 Å². The van der Waals surface area contributed by atoms with Gasteiger partial charge in [0.25, 0.3) is 0 Å². The first-order valence-corrected chi connectivity index (χ1v) is 6.32. The maximum Gasteiger partial charge on any atom is 0.420 e. The quantitative estimate of drug-likeness (QED) is 0.753. The van der Waals surface area contributed by atoms with Crippen molar-refractivity contribution in [2.75, 3.05) is 0 Å². The lowest BCUT2D eigenvalue weighted by molar-refractivity contribution is -0.136. The van der Waals surface area contributed by atoms with Gasteiger partial charge in [-0.1, -0.05) is 11.6 Å². The Morgan fingerprint density at radius 1 is 1.36 bits per heavy atom. The summed E-state index contributed by atoms with van der Waals surface area (Å²) >= 11 is 5.85. The van der Waals surface area contributed by atoms with Gasteiger partial charge < -0.3 is 10.1 Å². The molecule has 0 aromatic carbocycles. The zero-order valence-electron chi connectivity index (χ0n) is 10.6. The van der Waals surface area contributed by atoms with Gasteiger partial charge in [-0.25, -0.2) is 9.78 Å². The molecule has 3 aromatic heterocycles. The van der Waals surface area contributed by atoms with Crippen molar-refractivity contribution < 1.29 is 23.1 Å². The zero-order valence-corrected chi connectivity index (χ0v) is 11.4. The molecule has 0 aliphatic heterocycles. The molecule has 0 spiro atoms. The molecule has 3 rings (SSSR count). The molecule has 0 saturated heterocycles. The monoisotopic (exact) mass is 329 g/mol. The molecule has 0 bridgehead atoms. The lowest BCUT2D eigenvalue weighted by Crippen LogP contribution is -2.08. The summed E-state index contributed by atoms with van der Waals surface area (Å²) < 4.78 is 40.6. The number of pyridine rings is 1. The maximum atomic E-state index is 13.2. The average molecular weight is 330 g/mol. The predicted octanol–water partition coefficient (Wildman–Crippen LogP) is 3.70. The van der Waals surface area contributed by atoms with Crippen molar-refractivity contribution in [1.29, 1.82) is 0 Å². The Hall–Kier alpha value is -2.48. The molecule has 0 aliphatic carbocycles. The number of nitrogens with one attached hydrogen (secondary N) is 1. The number of imidazole rings is 1. The van der Waals surface area contributed by atoms with Crippen molar-refractivity contribution in [3.63, 3.8) is 0 Å². The van der Waals surface area contributed by atoms with Crippen LogP contribution in [0.1, 0.15) is 16.1 Å². The van der Waals surface area contributed by atoms with Crippen LogP contribution in [0.2, 0.25) is 5.15 Å². The number of alkyl halides is 3. The zero-order chi connectivity index (χ0) is 16.1. The normalized spacial score (nSPS) is 12.0. The third kappa shape index (κ3) is 2.21. The van der Waals surface area contributed by atoms with E-state index in [4.69, 9.17) is 16.7 Å². The maximum absolute atomic E-state index is 13.2. The molecule has 0 saturated carbocycles. The van der Waals surface area contributed by atoms with Crippen LogP contribution in [0.4, 0.5) is 13.2 Å². The fourth-order valence-corrected chi connectivity index (χ4v) is 2.38. The summed E-state index contributed by atoms with van der Waals surface area (Å²) in [5.41, 5.74) is -1.49. The molecule has 0 unspecified atom stereocenters. The topological polar surface area (TPSA) is 70.4 Å². The number of hydrogen-bond donors (Lipinski definition) is 2. The molecule has 3 aromatic rings. The number of aromatic nitrogens is 3. The lowest BCUT2D eigenvalue weighted by Gasteiger charge is -2.10. The number of rotatable bonds is 2. The first kappa shape index (κ1) is 14.5. The number of hydrogen-bond acceptors (Lipinski definition) is 2. The number of carboxylic acid groups (broad SMARTS) is 1. The molecule has 0 atom stereocenters. The van der Waals surface area contributed by atoms with Crippen molar-refractivity contribution in [3.8, 4) is 11.1 Å². The van der Waals surface area contributed by atoms with Crippen LogP contribution >= 0.6 is 11.6 Å². The number of carboxylic acids is 1. The van der Waals surface area contributed by atoms with Gasteiger partial charge in [-0.2, -0.15) is 13.2 Å². The molecule has 5 nitrogen and oxygen atoms in total. The lowest BCUT2D eigenvalue weighted by atomic mass is 10.1. The largest absolute Gasteiger partial charge is 0.476 e. The molecule has 0 aliphatic rings. The van der Waals surface area contributed by atoms with Crippen LogP contribution in [-0.2, 0) is 6.18 Å². The summed E-state index contributed by atoms with van der Waals surface area (Å²) in [6, 6.07) is 2.50. The Morgan fingerprint density at radius 3 is 2.64 bits per heavy atom. The molecule has 2 N–H and O–H groups in total. The fourth-order valence-electron chi connectivity index (χ4n) is 2.12. The van der Waals surface area contributed by atoms with Crippen LogP contribution < -0.4 is 0 Å². The highest BCUT2D eigenvalue weighted by Gasteiger charge is 2.36. The number of H-pyrrole nitrogens is 1. The predicted molar refractivity (Wildman–Crippen MR) is 72.0 cm³/mol. The van der Waals surface area contributed by atoms with E-state index >= 15 is 0 Å². The molecule has 0 radical (unpaired) electrons. The van der Waals surface area contributed by atoms with Gasteiger partial charge in [0.1, 0.15) is 5.15 Å². The first-order valence-electron chi connectivity index (χ1n) is 5.94. The second-order valence-corrected chi connectivity index (χ2v) is 4.85. The SMILES string of the molecule is O=C(O)c1nc2c(C(F)(F)F)cc(-c3cc[nH]c3)cn2c1Cl. The number of aromatic carboxylic acids is 1. The Balaban J connectivity index is 2.39. The van der Waals surface area contributed by atoms with Crippen molar-refractivity contribution in [2.24, 2.45) is 0 Å². The van der Waals surface area contributed by atoms with E-state index in [2.05, 4.69) is 9.97 Å². The summed E-state index contributed by atoms with van der Waals surface area (Å²) in [4.78, 5) is 17.3. The van der Waals surface area contributed by atoms with Crippen LogP contribution in [0.25, 0.3) is 16.8 Å². The van der Waals surface area contributed by atoms with Crippen molar-refractivity contribution in [2.45, 2.75) is 6.18 Å². The van der Waals surface area contributed by atoms with Gasteiger partial charge >= 0.3 is 12.1 Å². The summed E-state index contributed by atoms with van der Waals surface area (Å²) in [6.07, 6.45) is -0.303. The second kappa shape index (κ2) is 4.77. The Bertz CT molecular complexity index is 869. The minimum absolute atomic E-state index is 0.234. The van der Waals surface area contributed by atoms with Gasteiger partial charge in [0.05, 0.1) is 5.56 Å². The number of carbonyl (C=O) groups is 1. The number of nitrogens with zero attached hydrogens (tertiary/aromatic N) is 2. The number of aromatic amines is 1. The standard InChI is InChI=1S/C13H7ClF3N3O2/c14-10-9(12(21)22)19-11-8(13(15,16)17)3-7(5-20(10)11)6-1-2-18-4-6/h1-5,18H,(H,21,22). The van der Waals surface area contributed by atoms with Crippen molar-refractivity contribution in [3.05, 3.63) is 47.1 Å². The summed E-state index contributed by atoms with van der Waals surface area (Å²) in [5.74, 6) is -1.50. The van der Waals surface area contributed by atoms with Crippen molar-refractivity contribution in [1.82, 2.24) is 14.4 Å². The smallest absolute Gasteiger partial charge is 0.420 e. The fraction of sp³-hybridized carbons (Fsp3) is 0.0769. The summed E-state index contributed by atoms with van der Waals surface area (Å²) in [7, 11) is 0. The van der Waals surface area contributed by atoms with Gasteiger partial charge in [-0.05, 0) is 12.1 Å². The van der Waals surface area contributed by atoms with Gasteiger partial charge in [-0.3, -0.25) is 4.40 Å². The molecule has 3 heterocycles. The Morgan fingerprint density at radius 2 is 2.09 bits per heavy atom. The van der Waals surface area contributed by atoms with E-state index in [0.29, 0.717) is 5.56 Å². The highest BCUT2D eigenvalue weighted by Crippen LogP contribution is 2.36. The van der Waals surface area contributed by atoms with E-state index in [0.717, 1.165) is 10.5 Å². The van der Waals surface area contributed by atoms with Crippen LogP contribution in [0.3, 0.4) is 0 Å². The average Bonchev–Trinajstić information content (AvgIpc) is 3.05.